The van der Waals surface area contributed by atoms with Crippen LogP contribution in [0.4, 0.5) is 5.95 Å². The van der Waals surface area contributed by atoms with Crippen LogP contribution in [-0.2, 0) is 6.54 Å². The molecule has 1 saturated heterocycles. The Morgan fingerprint density at radius 3 is 2.60 bits per heavy atom. The van der Waals surface area contributed by atoms with Crippen LogP contribution in [0.5, 0.6) is 5.75 Å². The summed E-state index contributed by atoms with van der Waals surface area (Å²) in [5.41, 5.74) is 5.89. The third-order valence-electron chi connectivity index (χ3n) is 5.92. The van der Waals surface area contributed by atoms with Gasteiger partial charge in [-0.3, -0.25) is 4.98 Å². The Kier molecular flexibility index (Phi) is 5.92. The van der Waals surface area contributed by atoms with Gasteiger partial charge in [0.1, 0.15) is 11.4 Å². The molecule has 0 spiro atoms. The number of rotatable bonds is 6. The van der Waals surface area contributed by atoms with Gasteiger partial charge in [0.15, 0.2) is 0 Å². The molecule has 4 rings (SSSR count). The van der Waals surface area contributed by atoms with Crippen molar-refractivity contribution in [3.63, 3.8) is 0 Å². The average Bonchev–Trinajstić information content (AvgIpc) is 3.04. The fourth-order valence-electron chi connectivity index (χ4n) is 4.33. The molecule has 0 radical (unpaired) electrons. The van der Waals surface area contributed by atoms with Crippen molar-refractivity contribution in [3.8, 4) is 5.75 Å². The zero-order chi connectivity index (χ0) is 21.3. The Morgan fingerprint density at radius 1 is 1.10 bits per heavy atom. The largest absolute Gasteiger partial charge is 0.506 e. The molecule has 3 N–H and O–H groups in total. The summed E-state index contributed by atoms with van der Waals surface area (Å²) in [6.45, 7) is 9.46. The van der Waals surface area contributed by atoms with Crippen molar-refractivity contribution in [1.82, 2.24) is 19.4 Å². The summed E-state index contributed by atoms with van der Waals surface area (Å²) >= 11 is 0. The molecule has 1 aliphatic rings. The topological polar surface area (TPSA) is 86.4 Å². The molecule has 1 aromatic carbocycles. The first kappa shape index (κ1) is 20.6. The van der Waals surface area contributed by atoms with E-state index in [0.717, 1.165) is 60.7 Å². The second-order valence-electron chi connectivity index (χ2n) is 8.37. The van der Waals surface area contributed by atoms with Crippen LogP contribution in [0.25, 0.3) is 11.0 Å². The van der Waals surface area contributed by atoms with Gasteiger partial charge in [-0.05, 0) is 62.9 Å². The van der Waals surface area contributed by atoms with Gasteiger partial charge >= 0.3 is 0 Å². The smallest absolute Gasteiger partial charge is 0.204 e. The molecule has 160 valence electrons. The minimum Gasteiger partial charge on any atom is -0.506 e. The highest BCUT2D eigenvalue weighted by Gasteiger charge is 2.22. The molecule has 2 aromatic heterocycles. The van der Waals surface area contributed by atoms with E-state index in [1.165, 1.54) is 5.56 Å². The fourth-order valence-corrected chi connectivity index (χ4v) is 4.33. The number of aromatic nitrogens is 3. The lowest BCUT2D eigenvalue weighted by Crippen LogP contribution is -2.40. The highest BCUT2D eigenvalue weighted by molar-refractivity contribution is 5.83. The molecule has 0 bridgehead atoms. The van der Waals surface area contributed by atoms with Crippen molar-refractivity contribution in [2.45, 2.75) is 46.2 Å². The number of aliphatic hydroxyl groups excluding tert-OH is 1. The highest BCUT2D eigenvalue weighted by atomic mass is 16.3. The first-order chi connectivity index (χ1) is 14.4. The summed E-state index contributed by atoms with van der Waals surface area (Å²) in [7, 11) is 0. The maximum atomic E-state index is 10.4. The molecule has 30 heavy (non-hydrogen) atoms. The van der Waals surface area contributed by atoms with E-state index in [4.69, 9.17) is 4.98 Å². The van der Waals surface area contributed by atoms with Gasteiger partial charge in [-0.1, -0.05) is 6.07 Å². The van der Waals surface area contributed by atoms with Crippen molar-refractivity contribution in [2.75, 3.05) is 31.6 Å². The third kappa shape index (κ3) is 4.27. The third-order valence-corrected chi connectivity index (χ3v) is 5.92. The van der Waals surface area contributed by atoms with E-state index < -0.39 is 0 Å². The standard InChI is InChI=1S/C23H31N5O2/c1-15-12-16(2)22-20(13-15)28(14-19-21(30)5-4-17(3)24-19)23(26-22)25-18-6-8-27(9-7-18)10-11-29/h4-5,12-13,18,29-30H,6-11,14H2,1-3H3,(H,25,26). The van der Waals surface area contributed by atoms with Crippen molar-refractivity contribution in [2.24, 2.45) is 0 Å². The second kappa shape index (κ2) is 8.62. The van der Waals surface area contributed by atoms with E-state index in [-0.39, 0.29) is 12.4 Å². The molecule has 0 saturated carbocycles. The number of aliphatic hydroxyl groups is 1. The molecular weight excluding hydrogens is 378 g/mol. The molecule has 0 unspecified atom stereocenters. The van der Waals surface area contributed by atoms with Gasteiger partial charge in [-0.15, -0.1) is 0 Å². The van der Waals surface area contributed by atoms with Gasteiger partial charge in [0.25, 0.3) is 0 Å². The van der Waals surface area contributed by atoms with Gasteiger partial charge in [0.2, 0.25) is 5.95 Å². The Hall–Kier alpha value is -2.64. The number of hydrogen-bond donors (Lipinski definition) is 3. The number of benzene rings is 1. The number of likely N-dealkylation sites (tertiary alicyclic amines) is 1. The average molecular weight is 410 g/mol. The van der Waals surface area contributed by atoms with Crippen molar-refractivity contribution in [3.05, 3.63) is 46.8 Å². The zero-order valence-corrected chi connectivity index (χ0v) is 18.0. The maximum Gasteiger partial charge on any atom is 0.204 e. The van der Waals surface area contributed by atoms with Crippen molar-refractivity contribution in [1.29, 1.82) is 0 Å². The lowest BCUT2D eigenvalue weighted by Gasteiger charge is -2.32. The lowest BCUT2D eigenvalue weighted by atomic mass is 10.1. The van der Waals surface area contributed by atoms with E-state index in [1.54, 1.807) is 6.07 Å². The molecule has 1 aliphatic heterocycles. The number of imidazole rings is 1. The normalized spacial score (nSPS) is 15.7. The lowest BCUT2D eigenvalue weighted by molar-refractivity contribution is 0.168. The van der Waals surface area contributed by atoms with Gasteiger partial charge in [-0.25, -0.2) is 4.98 Å². The molecule has 7 heteroatoms. The van der Waals surface area contributed by atoms with E-state index in [0.29, 0.717) is 18.3 Å². The quantitative estimate of drug-likeness (QED) is 0.580. The van der Waals surface area contributed by atoms with Crippen LogP contribution in [0.1, 0.15) is 35.4 Å². The maximum absolute atomic E-state index is 10.4. The summed E-state index contributed by atoms with van der Waals surface area (Å²) in [5.74, 6) is 1.03. The Bertz CT molecular complexity index is 1040. The molecule has 7 nitrogen and oxygen atoms in total. The first-order valence-corrected chi connectivity index (χ1v) is 10.7. The molecule has 1 fully saturated rings. The predicted molar refractivity (Wildman–Crippen MR) is 119 cm³/mol. The van der Waals surface area contributed by atoms with Crippen LogP contribution in [-0.4, -0.2) is 61.9 Å². The second-order valence-corrected chi connectivity index (χ2v) is 8.37. The van der Waals surface area contributed by atoms with Gasteiger partial charge in [0, 0.05) is 31.4 Å². The van der Waals surface area contributed by atoms with Gasteiger partial charge in [0.05, 0.1) is 24.2 Å². The minimum atomic E-state index is 0.204. The van der Waals surface area contributed by atoms with Gasteiger partial charge in [-0.2, -0.15) is 0 Å². The fraction of sp³-hybridized carbons (Fsp3) is 0.478. The van der Waals surface area contributed by atoms with Crippen molar-refractivity contribution < 1.29 is 10.2 Å². The molecule has 0 aliphatic carbocycles. The molecular formula is C23H31N5O2. The van der Waals surface area contributed by atoms with Crippen LogP contribution in [0, 0.1) is 20.8 Å². The Labute approximate surface area is 177 Å². The summed E-state index contributed by atoms with van der Waals surface area (Å²) in [6.07, 6.45) is 2.02. The summed E-state index contributed by atoms with van der Waals surface area (Å²) < 4.78 is 2.14. The predicted octanol–water partition coefficient (Wildman–Crippen LogP) is 2.98. The number of aryl methyl sites for hydroxylation is 3. The highest BCUT2D eigenvalue weighted by Crippen LogP contribution is 2.28. The Morgan fingerprint density at radius 2 is 1.87 bits per heavy atom. The van der Waals surface area contributed by atoms with Crippen molar-refractivity contribution >= 4 is 17.0 Å². The van der Waals surface area contributed by atoms with Crippen LogP contribution in [0.3, 0.4) is 0 Å². The van der Waals surface area contributed by atoms with Crippen LogP contribution >= 0.6 is 0 Å². The number of β-amino-alcohol motifs (C(OH)–C–C–N with tert-alkyl or cyclic N) is 1. The molecule has 0 amide bonds. The monoisotopic (exact) mass is 409 g/mol. The SMILES string of the molecule is Cc1cc(C)c2nc(NC3CCN(CCO)CC3)n(Cc3nc(C)ccc3O)c2c1. The van der Waals surface area contributed by atoms with Crippen LogP contribution in [0.2, 0.25) is 0 Å². The number of aromatic hydroxyl groups is 1. The van der Waals surface area contributed by atoms with E-state index in [2.05, 4.69) is 45.7 Å². The first-order valence-electron chi connectivity index (χ1n) is 10.7. The number of nitrogens with one attached hydrogen (secondary N) is 1. The number of fused-ring (bicyclic) bond motifs is 1. The molecule has 3 aromatic rings. The summed E-state index contributed by atoms with van der Waals surface area (Å²) in [4.78, 5) is 11.8. The van der Waals surface area contributed by atoms with E-state index >= 15 is 0 Å². The van der Waals surface area contributed by atoms with E-state index in [9.17, 15) is 10.2 Å². The summed E-state index contributed by atoms with van der Waals surface area (Å²) in [5, 5.41) is 23.2. The molecule has 3 heterocycles. The van der Waals surface area contributed by atoms with Crippen LogP contribution < -0.4 is 5.32 Å². The van der Waals surface area contributed by atoms with E-state index in [1.807, 2.05) is 13.0 Å². The Balaban J connectivity index is 1.67. The summed E-state index contributed by atoms with van der Waals surface area (Å²) in [6, 6.07) is 8.16. The number of pyridine rings is 1. The zero-order valence-electron chi connectivity index (χ0n) is 18.0. The molecule has 0 atom stereocenters. The van der Waals surface area contributed by atoms with Gasteiger partial charge < -0.3 is 25.0 Å². The number of hydrogen-bond acceptors (Lipinski definition) is 6. The number of piperidine rings is 1. The minimum absolute atomic E-state index is 0.204. The number of nitrogens with zero attached hydrogens (tertiary/aromatic N) is 4. The number of anilines is 1. The van der Waals surface area contributed by atoms with Crippen LogP contribution in [0.15, 0.2) is 24.3 Å².